The highest BCUT2D eigenvalue weighted by atomic mass is 16.3. The fraction of sp³-hybridized carbons (Fsp3) is 0.562. The van der Waals surface area contributed by atoms with Crippen molar-refractivity contribution < 1.29 is 19.5 Å². The average molecular weight is 549 g/mol. The summed E-state index contributed by atoms with van der Waals surface area (Å²) in [6, 6.07) is 5.42. The van der Waals surface area contributed by atoms with E-state index in [1.165, 1.54) is 5.01 Å². The van der Waals surface area contributed by atoms with E-state index < -0.39 is 5.78 Å². The normalized spacial score (nSPS) is 19.9. The van der Waals surface area contributed by atoms with Gasteiger partial charge >= 0.3 is 0 Å². The first-order chi connectivity index (χ1) is 19.0. The van der Waals surface area contributed by atoms with Crippen molar-refractivity contribution in [2.75, 3.05) is 23.3 Å². The maximum Gasteiger partial charge on any atom is 0.277 e. The second kappa shape index (κ2) is 12.0. The van der Waals surface area contributed by atoms with Crippen LogP contribution in [0.1, 0.15) is 86.1 Å². The smallest absolute Gasteiger partial charge is 0.277 e. The number of hydrogen-bond donors (Lipinski definition) is 2. The minimum atomic E-state index is -0.412. The molecule has 0 spiro atoms. The van der Waals surface area contributed by atoms with Crippen molar-refractivity contribution in [2.24, 2.45) is 22.9 Å². The number of hydrazone groups is 1. The Morgan fingerprint density at radius 1 is 1.05 bits per heavy atom. The van der Waals surface area contributed by atoms with Gasteiger partial charge in [-0.2, -0.15) is 5.10 Å². The van der Waals surface area contributed by atoms with E-state index in [1.807, 2.05) is 39.8 Å². The van der Waals surface area contributed by atoms with E-state index in [-0.39, 0.29) is 52.2 Å². The van der Waals surface area contributed by atoms with Gasteiger partial charge in [-0.15, -0.1) is 0 Å². The van der Waals surface area contributed by atoms with Crippen LogP contribution < -0.4 is 10.2 Å². The zero-order valence-electron chi connectivity index (χ0n) is 25.0. The standard InChI is InChI=1S/C32H44N4O4/c1-8-35(9-2)22-14-15-23(24(17-22)33-25(37)16-21-12-10-11-13-21)27-30(38)28(31(27)39)26-20(7)34-36(32(26)40)29(18(3)4)19(5)6/h14-15,17-19,21,29,38H,8-13,16H2,1-7H3,(H,33,37)/b28-26-. The SMILES string of the molecule is CCN(CC)c1ccc(C2=C(O)/C(=C3/C(=O)N(C(C(C)C)C(C)C)N=C3C)C2=O)c(NC(=O)CC2CCCC2)c1. The first-order valence-electron chi connectivity index (χ1n) is 14.8. The molecule has 0 saturated heterocycles. The van der Waals surface area contributed by atoms with E-state index in [2.05, 4.69) is 29.2 Å². The number of aliphatic hydroxyl groups is 1. The molecule has 1 aromatic rings. The van der Waals surface area contributed by atoms with Gasteiger partial charge in [0.05, 0.1) is 34.2 Å². The summed E-state index contributed by atoms with van der Waals surface area (Å²) in [5.74, 6) is -0.373. The first-order valence-corrected chi connectivity index (χ1v) is 14.8. The van der Waals surface area contributed by atoms with Crippen molar-refractivity contribution in [1.82, 2.24) is 5.01 Å². The number of amides is 2. The summed E-state index contributed by atoms with van der Waals surface area (Å²) in [5.41, 5.74) is 2.58. The lowest BCUT2D eigenvalue weighted by atomic mass is 9.79. The van der Waals surface area contributed by atoms with Crippen molar-refractivity contribution in [1.29, 1.82) is 0 Å². The van der Waals surface area contributed by atoms with Gasteiger partial charge in [0, 0.05) is 30.8 Å². The number of aliphatic hydroxyl groups excluding tert-OH is 1. The molecule has 1 aliphatic heterocycles. The Balaban J connectivity index is 1.72. The number of carbonyl (C=O) groups is 3. The number of hydrogen-bond acceptors (Lipinski definition) is 6. The molecule has 40 heavy (non-hydrogen) atoms. The fourth-order valence-electron chi connectivity index (χ4n) is 6.55. The minimum absolute atomic E-state index is 0.00561. The zero-order chi connectivity index (χ0) is 29.3. The number of carbonyl (C=O) groups excluding carboxylic acids is 3. The van der Waals surface area contributed by atoms with Crippen molar-refractivity contribution in [3.8, 4) is 0 Å². The molecule has 2 amide bonds. The molecular weight excluding hydrogens is 504 g/mol. The highest BCUT2D eigenvalue weighted by Crippen LogP contribution is 2.43. The lowest BCUT2D eigenvalue weighted by Crippen LogP contribution is -2.41. The minimum Gasteiger partial charge on any atom is -0.506 e. The fourth-order valence-corrected chi connectivity index (χ4v) is 6.55. The van der Waals surface area contributed by atoms with E-state index in [4.69, 9.17) is 0 Å². The summed E-state index contributed by atoms with van der Waals surface area (Å²) in [5, 5.41) is 20.3. The summed E-state index contributed by atoms with van der Waals surface area (Å²) in [7, 11) is 0. The van der Waals surface area contributed by atoms with Crippen LogP contribution in [0.3, 0.4) is 0 Å². The molecule has 1 saturated carbocycles. The van der Waals surface area contributed by atoms with Gasteiger partial charge in [0.1, 0.15) is 5.76 Å². The molecule has 1 heterocycles. The molecule has 0 atom stereocenters. The van der Waals surface area contributed by atoms with Gasteiger partial charge in [0.15, 0.2) is 0 Å². The molecule has 1 fully saturated rings. The Morgan fingerprint density at radius 2 is 1.68 bits per heavy atom. The van der Waals surface area contributed by atoms with Crippen LogP contribution in [0, 0.1) is 17.8 Å². The molecule has 216 valence electrons. The predicted octanol–water partition coefficient (Wildman–Crippen LogP) is 6.10. The van der Waals surface area contributed by atoms with Gasteiger partial charge in [-0.05, 0) is 69.6 Å². The van der Waals surface area contributed by atoms with Gasteiger partial charge in [0.2, 0.25) is 11.7 Å². The van der Waals surface area contributed by atoms with E-state index in [0.29, 0.717) is 29.3 Å². The average Bonchev–Trinajstić information content (AvgIpc) is 3.49. The Bertz CT molecular complexity index is 1270. The second-order valence-electron chi connectivity index (χ2n) is 11.9. The third kappa shape index (κ3) is 5.45. The van der Waals surface area contributed by atoms with Gasteiger partial charge in [0.25, 0.3) is 5.91 Å². The monoisotopic (exact) mass is 548 g/mol. The number of nitrogens with one attached hydrogen (secondary N) is 1. The maximum atomic E-state index is 13.6. The van der Waals surface area contributed by atoms with Crippen LogP contribution in [-0.4, -0.2) is 52.6 Å². The summed E-state index contributed by atoms with van der Waals surface area (Å²) >= 11 is 0. The van der Waals surface area contributed by atoms with Crippen LogP contribution >= 0.6 is 0 Å². The van der Waals surface area contributed by atoms with E-state index in [1.54, 1.807) is 13.0 Å². The lowest BCUT2D eigenvalue weighted by Gasteiger charge is -2.31. The topological polar surface area (TPSA) is 102 Å². The number of nitrogens with zero attached hydrogens (tertiary/aromatic N) is 3. The van der Waals surface area contributed by atoms with E-state index in [0.717, 1.165) is 44.5 Å². The number of anilines is 2. The summed E-state index contributed by atoms with van der Waals surface area (Å²) < 4.78 is 0. The van der Waals surface area contributed by atoms with Gasteiger partial charge in [-0.3, -0.25) is 14.4 Å². The number of benzene rings is 1. The molecular formula is C32H44N4O4. The lowest BCUT2D eigenvalue weighted by molar-refractivity contribution is -0.130. The van der Waals surface area contributed by atoms with Gasteiger partial charge < -0.3 is 15.3 Å². The van der Waals surface area contributed by atoms with Crippen molar-refractivity contribution in [2.45, 2.75) is 86.6 Å². The molecule has 1 aromatic carbocycles. The van der Waals surface area contributed by atoms with Crippen LogP contribution in [0.2, 0.25) is 0 Å². The van der Waals surface area contributed by atoms with Crippen molar-refractivity contribution in [3.63, 3.8) is 0 Å². The third-order valence-electron chi connectivity index (χ3n) is 8.49. The maximum absolute atomic E-state index is 13.6. The molecule has 8 nitrogen and oxygen atoms in total. The van der Waals surface area contributed by atoms with Crippen LogP contribution in [0.25, 0.3) is 5.57 Å². The van der Waals surface area contributed by atoms with Gasteiger partial charge in [-0.25, -0.2) is 5.01 Å². The number of rotatable bonds is 10. The summed E-state index contributed by atoms with van der Waals surface area (Å²) in [6.07, 6.45) is 4.86. The van der Waals surface area contributed by atoms with E-state index >= 15 is 0 Å². The number of Topliss-reactive ketones (excluding diaryl/α,β-unsaturated/α-hetero) is 1. The molecule has 2 aliphatic carbocycles. The second-order valence-corrected chi connectivity index (χ2v) is 11.9. The summed E-state index contributed by atoms with van der Waals surface area (Å²) in [4.78, 5) is 42.3. The van der Waals surface area contributed by atoms with Crippen LogP contribution in [0.5, 0.6) is 0 Å². The molecule has 4 rings (SSSR count). The van der Waals surface area contributed by atoms with Crippen molar-refractivity contribution in [3.05, 3.63) is 40.7 Å². The molecule has 0 radical (unpaired) electrons. The molecule has 2 N–H and O–H groups in total. The molecule has 0 bridgehead atoms. The molecule has 0 unspecified atom stereocenters. The Morgan fingerprint density at radius 3 is 2.23 bits per heavy atom. The van der Waals surface area contributed by atoms with E-state index in [9.17, 15) is 19.5 Å². The quantitative estimate of drug-likeness (QED) is 0.344. The van der Waals surface area contributed by atoms with Gasteiger partial charge in [-0.1, -0.05) is 40.5 Å². The summed E-state index contributed by atoms with van der Waals surface area (Å²) in [6.45, 7) is 15.6. The highest BCUT2D eigenvalue weighted by molar-refractivity contribution is 6.44. The predicted molar refractivity (Wildman–Crippen MR) is 160 cm³/mol. The highest BCUT2D eigenvalue weighted by Gasteiger charge is 2.45. The molecule has 0 aromatic heterocycles. The largest absolute Gasteiger partial charge is 0.506 e. The number of ketones is 1. The Hall–Kier alpha value is -3.42. The van der Waals surface area contributed by atoms with Crippen LogP contribution in [-0.2, 0) is 14.4 Å². The van der Waals surface area contributed by atoms with Crippen molar-refractivity contribution >= 4 is 40.3 Å². The number of allylic oxidation sites excluding steroid dienone is 2. The Kier molecular flexibility index (Phi) is 8.86. The van der Waals surface area contributed by atoms with Crippen LogP contribution in [0.4, 0.5) is 11.4 Å². The molecule has 3 aliphatic rings. The Labute approximate surface area is 238 Å². The first kappa shape index (κ1) is 29.6. The third-order valence-corrected chi connectivity index (χ3v) is 8.49. The zero-order valence-corrected chi connectivity index (χ0v) is 25.0. The molecule has 8 heteroatoms. The van der Waals surface area contributed by atoms with Crippen LogP contribution in [0.15, 0.2) is 40.2 Å².